The SMILES string of the molecule is CCNC(=O)[C@@H]1CCCN(c2nnc(-n3c(C)ccc3C)s2)C1. The first-order chi connectivity index (χ1) is 11.1. The van der Waals surface area contributed by atoms with Crippen LogP contribution in [0.2, 0.25) is 0 Å². The molecule has 1 fully saturated rings. The van der Waals surface area contributed by atoms with Gasteiger partial charge >= 0.3 is 0 Å². The second-order valence-electron chi connectivity index (χ2n) is 6.00. The van der Waals surface area contributed by atoms with Gasteiger partial charge in [0.1, 0.15) is 0 Å². The minimum atomic E-state index is 0.0473. The Kier molecular flexibility index (Phi) is 4.66. The third kappa shape index (κ3) is 3.24. The van der Waals surface area contributed by atoms with Gasteiger partial charge in [-0.15, -0.1) is 10.2 Å². The Labute approximate surface area is 140 Å². The zero-order valence-electron chi connectivity index (χ0n) is 13.9. The van der Waals surface area contributed by atoms with Gasteiger partial charge in [0.2, 0.25) is 16.2 Å². The molecule has 124 valence electrons. The molecule has 0 aromatic carbocycles. The number of carbonyl (C=O) groups is 1. The van der Waals surface area contributed by atoms with Crippen molar-refractivity contribution in [2.75, 3.05) is 24.5 Å². The first-order valence-corrected chi connectivity index (χ1v) is 8.93. The fourth-order valence-electron chi connectivity index (χ4n) is 3.08. The van der Waals surface area contributed by atoms with Crippen LogP contribution < -0.4 is 10.2 Å². The van der Waals surface area contributed by atoms with Gasteiger partial charge in [-0.05, 0) is 45.7 Å². The van der Waals surface area contributed by atoms with Gasteiger partial charge in [0.05, 0.1) is 5.92 Å². The van der Waals surface area contributed by atoms with Gasteiger partial charge in [0.25, 0.3) is 0 Å². The number of nitrogens with one attached hydrogen (secondary N) is 1. The molecule has 0 bridgehead atoms. The Hall–Kier alpha value is -1.89. The molecule has 0 saturated carbocycles. The van der Waals surface area contributed by atoms with Crippen LogP contribution in [0.25, 0.3) is 5.13 Å². The van der Waals surface area contributed by atoms with Gasteiger partial charge in [0.15, 0.2) is 0 Å². The van der Waals surface area contributed by atoms with Crippen molar-refractivity contribution in [1.82, 2.24) is 20.1 Å². The van der Waals surface area contributed by atoms with E-state index in [0.29, 0.717) is 6.54 Å². The molecule has 2 aromatic rings. The molecule has 3 rings (SSSR count). The molecule has 0 spiro atoms. The molecular formula is C16H23N5OS. The lowest BCUT2D eigenvalue weighted by Crippen LogP contribution is -2.43. The summed E-state index contributed by atoms with van der Waals surface area (Å²) in [5.74, 6) is 0.199. The number of carbonyl (C=O) groups excluding carboxylic acids is 1. The van der Waals surface area contributed by atoms with Gasteiger partial charge in [-0.3, -0.25) is 9.36 Å². The number of anilines is 1. The molecule has 7 heteroatoms. The van der Waals surface area contributed by atoms with E-state index in [1.54, 1.807) is 11.3 Å². The van der Waals surface area contributed by atoms with Crippen molar-refractivity contribution in [2.24, 2.45) is 5.92 Å². The predicted octanol–water partition coefficient (Wildman–Crippen LogP) is 2.30. The molecule has 23 heavy (non-hydrogen) atoms. The first kappa shape index (κ1) is 16.0. The molecule has 1 N–H and O–H groups in total. The number of rotatable bonds is 4. The molecule has 1 atom stereocenters. The Morgan fingerprint density at radius 2 is 2.00 bits per heavy atom. The van der Waals surface area contributed by atoms with Crippen molar-refractivity contribution < 1.29 is 4.79 Å². The average Bonchev–Trinajstić information content (AvgIpc) is 3.14. The number of aryl methyl sites for hydroxylation is 2. The maximum absolute atomic E-state index is 12.1. The van der Waals surface area contributed by atoms with E-state index in [-0.39, 0.29) is 11.8 Å². The fraction of sp³-hybridized carbons (Fsp3) is 0.562. The molecule has 1 amide bonds. The van der Waals surface area contributed by atoms with Gasteiger partial charge in [0, 0.05) is 31.0 Å². The standard InChI is InChI=1S/C16H23N5OS/c1-4-17-14(22)13-6-5-9-20(10-13)15-18-19-16(23-15)21-11(2)7-8-12(21)3/h7-8,13H,4-6,9-10H2,1-3H3,(H,17,22)/t13-/m1/s1. The van der Waals surface area contributed by atoms with Crippen LogP contribution >= 0.6 is 11.3 Å². The zero-order valence-corrected chi connectivity index (χ0v) is 14.7. The molecule has 1 aliphatic rings. The molecule has 6 nitrogen and oxygen atoms in total. The van der Waals surface area contributed by atoms with E-state index in [2.05, 4.69) is 51.0 Å². The number of hydrogen-bond acceptors (Lipinski definition) is 5. The van der Waals surface area contributed by atoms with E-state index >= 15 is 0 Å². The van der Waals surface area contributed by atoms with Crippen molar-refractivity contribution in [3.63, 3.8) is 0 Å². The highest BCUT2D eigenvalue weighted by molar-refractivity contribution is 7.17. The van der Waals surface area contributed by atoms with E-state index in [1.165, 1.54) is 0 Å². The molecule has 3 heterocycles. The van der Waals surface area contributed by atoms with E-state index < -0.39 is 0 Å². The van der Waals surface area contributed by atoms with Crippen molar-refractivity contribution in [3.8, 4) is 5.13 Å². The number of aromatic nitrogens is 3. The van der Waals surface area contributed by atoms with Crippen LogP contribution in [-0.2, 0) is 4.79 Å². The second kappa shape index (κ2) is 6.70. The van der Waals surface area contributed by atoms with Crippen molar-refractivity contribution >= 4 is 22.4 Å². The van der Waals surface area contributed by atoms with E-state index in [1.807, 2.05) is 6.92 Å². The largest absolute Gasteiger partial charge is 0.356 e. The van der Waals surface area contributed by atoms with E-state index in [9.17, 15) is 4.79 Å². The second-order valence-corrected chi connectivity index (χ2v) is 6.93. The van der Waals surface area contributed by atoms with Crippen LogP contribution in [0, 0.1) is 19.8 Å². The summed E-state index contributed by atoms with van der Waals surface area (Å²) in [6.07, 6.45) is 1.96. The minimum Gasteiger partial charge on any atom is -0.356 e. The third-order valence-electron chi connectivity index (χ3n) is 4.28. The molecule has 0 radical (unpaired) electrons. The highest BCUT2D eigenvalue weighted by Crippen LogP contribution is 2.29. The Balaban J connectivity index is 1.76. The zero-order chi connectivity index (χ0) is 16.4. The fourth-order valence-corrected chi connectivity index (χ4v) is 4.08. The lowest BCUT2D eigenvalue weighted by atomic mass is 9.97. The third-order valence-corrected chi connectivity index (χ3v) is 5.25. The van der Waals surface area contributed by atoms with Gasteiger partial charge in [-0.25, -0.2) is 0 Å². The normalized spacial score (nSPS) is 18.2. The van der Waals surface area contributed by atoms with Crippen molar-refractivity contribution in [1.29, 1.82) is 0 Å². The molecule has 1 saturated heterocycles. The van der Waals surface area contributed by atoms with Gasteiger partial charge < -0.3 is 10.2 Å². The van der Waals surface area contributed by atoms with Crippen LogP contribution in [0.5, 0.6) is 0 Å². The highest BCUT2D eigenvalue weighted by Gasteiger charge is 2.27. The molecular weight excluding hydrogens is 310 g/mol. The number of nitrogens with zero attached hydrogens (tertiary/aromatic N) is 4. The van der Waals surface area contributed by atoms with Gasteiger partial charge in [-0.2, -0.15) is 0 Å². The average molecular weight is 333 g/mol. The van der Waals surface area contributed by atoms with Gasteiger partial charge in [-0.1, -0.05) is 11.3 Å². The monoisotopic (exact) mass is 333 g/mol. The molecule has 0 aliphatic carbocycles. The summed E-state index contributed by atoms with van der Waals surface area (Å²) in [5, 5.41) is 13.4. The van der Waals surface area contributed by atoms with E-state index in [4.69, 9.17) is 0 Å². The maximum Gasteiger partial charge on any atom is 0.224 e. The lowest BCUT2D eigenvalue weighted by Gasteiger charge is -2.31. The molecule has 2 aromatic heterocycles. The summed E-state index contributed by atoms with van der Waals surface area (Å²) in [6.45, 7) is 8.44. The van der Waals surface area contributed by atoms with E-state index in [0.717, 1.165) is 47.6 Å². The summed E-state index contributed by atoms with van der Waals surface area (Å²) >= 11 is 1.59. The Morgan fingerprint density at radius 1 is 1.30 bits per heavy atom. The predicted molar refractivity (Wildman–Crippen MR) is 92.3 cm³/mol. The summed E-state index contributed by atoms with van der Waals surface area (Å²) in [5.41, 5.74) is 2.31. The van der Waals surface area contributed by atoms with Crippen molar-refractivity contribution in [2.45, 2.75) is 33.6 Å². The molecule has 0 unspecified atom stereocenters. The number of piperidine rings is 1. The maximum atomic E-state index is 12.1. The summed E-state index contributed by atoms with van der Waals surface area (Å²) < 4.78 is 2.12. The van der Waals surface area contributed by atoms with Crippen LogP contribution in [0.3, 0.4) is 0 Å². The lowest BCUT2D eigenvalue weighted by molar-refractivity contribution is -0.125. The Morgan fingerprint density at radius 3 is 2.70 bits per heavy atom. The number of hydrogen-bond donors (Lipinski definition) is 1. The Bertz CT molecular complexity index is 673. The minimum absolute atomic E-state index is 0.0473. The summed E-state index contributed by atoms with van der Waals surface area (Å²) in [4.78, 5) is 14.3. The quantitative estimate of drug-likeness (QED) is 0.932. The van der Waals surface area contributed by atoms with Crippen molar-refractivity contribution in [3.05, 3.63) is 23.5 Å². The number of amides is 1. The van der Waals surface area contributed by atoms with Crippen LogP contribution in [-0.4, -0.2) is 40.3 Å². The smallest absolute Gasteiger partial charge is 0.224 e. The van der Waals surface area contributed by atoms with Crippen LogP contribution in [0.1, 0.15) is 31.2 Å². The first-order valence-electron chi connectivity index (χ1n) is 8.11. The summed E-state index contributed by atoms with van der Waals surface area (Å²) in [7, 11) is 0. The topological polar surface area (TPSA) is 63.1 Å². The van der Waals surface area contributed by atoms with Crippen LogP contribution in [0.15, 0.2) is 12.1 Å². The molecule has 1 aliphatic heterocycles. The highest BCUT2D eigenvalue weighted by atomic mass is 32.1. The van der Waals surface area contributed by atoms with Crippen LogP contribution in [0.4, 0.5) is 5.13 Å². The summed E-state index contributed by atoms with van der Waals surface area (Å²) in [6, 6.07) is 4.17.